The van der Waals surface area contributed by atoms with Gasteiger partial charge in [-0.3, -0.25) is 9.88 Å². The SMILES string of the molecule is FC(F)(F)c1cnc(N(c2ccc(Cl)cc2)c2ccnc(C(F)(F)F)c2)c(Cl)c1. The maximum Gasteiger partial charge on any atom is 0.433 e. The summed E-state index contributed by atoms with van der Waals surface area (Å²) < 4.78 is 78.0. The van der Waals surface area contributed by atoms with Crippen molar-refractivity contribution < 1.29 is 26.3 Å². The van der Waals surface area contributed by atoms with E-state index in [1.807, 2.05) is 0 Å². The van der Waals surface area contributed by atoms with Crippen LogP contribution >= 0.6 is 23.2 Å². The van der Waals surface area contributed by atoms with Gasteiger partial charge in [-0.2, -0.15) is 26.3 Å². The lowest BCUT2D eigenvalue weighted by atomic mass is 10.2. The quantitative estimate of drug-likeness (QED) is 0.391. The van der Waals surface area contributed by atoms with Crippen molar-refractivity contribution in [1.29, 1.82) is 0 Å². The standard InChI is InChI=1S/C18H9Cl2F6N3/c19-11-1-3-12(4-2-11)29(13-5-6-27-15(8-13)18(24,25)26)16-14(20)7-10(9-28-16)17(21,22)23/h1-9H. The first kappa shape index (κ1) is 21.2. The highest BCUT2D eigenvalue weighted by Crippen LogP contribution is 2.41. The van der Waals surface area contributed by atoms with Crippen molar-refractivity contribution in [2.24, 2.45) is 0 Å². The van der Waals surface area contributed by atoms with Crippen LogP contribution in [0, 0.1) is 0 Å². The molecule has 29 heavy (non-hydrogen) atoms. The maximum atomic E-state index is 13.1. The number of halogens is 8. The molecule has 0 spiro atoms. The third-order valence-electron chi connectivity index (χ3n) is 3.74. The second-order valence-electron chi connectivity index (χ2n) is 5.74. The molecular formula is C18H9Cl2F6N3. The number of aromatic nitrogens is 2. The maximum absolute atomic E-state index is 13.1. The lowest BCUT2D eigenvalue weighted by molar-refractivity contribution is -0.141. The number of alkyl halides is 6. The first-order chi connectivity index (χ1) is 13.5. The fraction of sp³-hybridized carbons (Fsp3) is 0.111. The molecule has 0 aliphatic rings. The van der Waals surface area contributed by atoms with Crippen LogP contribution in [-0.2, 0) is 12.4 Å². The van der Waals surface area contributed by atoms with Crippen LogP contribution in [0.5, 0.6) is 0 Å². The fourth-order valence-electron chi connectivity index (χ4n) is 2.45. The van der Waals surface area contributed by atoms with E-state index in [4.69, 9.17) is 23.2 Å². The minimum atomic E-state index is -4.72. The van der Waals surface area contributed by atoms with E-state index in [0.29, 0.717) is 17.3 Å². The third kappa shape index (κ3) is 4.73. The van der Waals surface area contributed by atoms with Crippen molar-refractivity contribution in [3.05, 3.63) is 76.2 Å². The van der Waals surface area contributed by atoms with Crippen molar-refractivity contribution in [3.63, 3.8) is 0 Å². The summed E-state index contributed by atoms with van der Waals surface area (Å²) in [4.78, 5) is 8.22. The van der Waals surface area contributed by atoms with Crippen LogP contribution in [0.15, 0.2) is 54.9 Å². The molecule has 0 aliphatic carbocycles. The van der Waals surface area contributed by atoms with Gasteiger partial charge in [-0.1, -0.05) is 23.2 Å². The van der Waals surface area contributed by atoms with Crippen LogP contribution in [0.2, 0.25) is 10.0 Å². The zero-order valence-electron chi connectivity index (χ0n) is 14.1. The Kier molecular flexibility index (Phi) is 5.64. The Hall–Kier alpha value is -2.52. The van der Waals surface area contributed by atoms with Gasteiger partial charge < -0.3 is 0 Å². The molecule has 2 heterocycles. The summed E-state index contributed by atoms with van der Waals surface area (Å²) in [5.41, 5.74) is -2.04. The van der Waals surface area contributed by atoms with Gasteiger partial charge in [-0.05, 0) is 42.5 Å². The van der Waals surface area contributed by atoms with E-state index in [0.717, 1.165) is 12.3 Å². The molecule has 0 radical (unpaired) electrons. The zero-order valence-corrected chi connectivity index (χ0v) is 15.6. The molecule has 11 heteroatoms. The van der Waals surface area contributed by atoms with E-state index in [1.54, 1.807) is 0 Å². The fourth-order valence-corrected chi connectivity index (χ4v) is 2.82. The molecule has 0 saturated carbocycles. The summed E-state index contributed by atoms with van der Waals surface area (Å²) in [6, 6.07) is 8.50. The van der Waals surface area contributed by atoms with E-state index in [9.17, 15) is 26.3 Å². The largest absolute Gasteiger partial charge is 0.433 e. The second-order valence-corrected chi connectivity index (χ2v) is 6.58. The molecule has 0 aliphatic heterocycles. The Labute approximate surface area is 170 Å². The molecule has 3 nitrogen and oxygen atoms in total. The Morgan fingerprint density at radius 2 is 1.41 bits per heavy atom. The van der Waals surface area contributed by atoms with Crippen LogP contribution in [-0.4, -0.2) is 9.97 Å². The minimum absolute atomic E-state index is 0.0520. The number of pyridine rings is 2. The molecule has 0 fully saturated rings. The van der Waals surface area contributed by atoms with Crippen molar-refractivity contribution in [1.82, 2.24) is 9.97 Å². The summed E-state index contributed by atoms with van der Waals surface area (Å²) in [5.74, 6) is -0.193. The molecule has 0 amide bonds. The lowest BCUT2D eigenvalue weighted by Gasteiger charge is -2.26. The molecule has 0 saturated heterocycles. The molecule has 3 aromatic rings. The predicted molar refractivity (Wildman–Crippen MR) is 96.7 cm³/mol. The van der Waals surface area contributed by atoms with Gasteiger partial charge in [-0.15, -0.1) is 0 Å². The summed E-state index contributed by atoms with van der Waals surface area (Å²) in [5, 5.41) is -0.0500. The predicted octanol–water partition coefficient (Wildman–Crippen LogP) is 7.29. The monoisotopic (exact) mass is 451 g/mol. The molecule has 0 N–H and O–H groups in total. The number of hydrogen-bond acceptors (Lipinski definition) is 3. The third-order valence-corrected chi connectivity index (χ3v) is 4.27. The smallest absolute Gasteiger partial charge is 0.294 e. The highest BCUT2D eigenvalue weighted by molar-refractivity contribution is 6.33. The Bertz CT molecular complexity index is 1020. The van der Waals surface area contributed by atoms with Gasteiger partial charge in [0.25, 0.3) is 0 Å². The van der Waals surface area contributed by atoms with Crippen molar-refractivity contribution in [2.45, 2.75) is 12.4 Å². The lowest BCUT2D eigenvalue weighted by Crippen LogP contribution is -2.16. The van der Waals surface area contributed by atoms with Crippen molar-refractivity contribution in [2.75, 3.05) is 4.90 Å². The van der Waals surface area contributed by atoms with Crippen LogP contribution in [0.4, 0.5) is 43.5 Å². The molecule has 152 valence electrons. The summed E-state index contributed by atoms with van der Waals surface area (Å²) in [6.45, 7) is 0. The molecule has 1 aromatic carbocycles. The second kappa shape index (κ2) is 7.72. The van der Waals surface area contributed by atoms with Gasteiger partial charge in [0, 0.05) is 23.1 Å². The van der Waals surface area contributed by atoms with E-state index < -0.39 is 28.6 Å². The molecule has 3 rings (SSSR count). The van der Waals surface area contributed by atoms with Crippen LogP contribution in [0.25, 0.3) is 0 Å². The average molecular weight is 452 g/mol. The van der Waals surface area contributed by atoms with Gasteiger partial charge in [-0.25, -0.2) is 4.98 Å². The molecule has 2 aromatic heterocycles. The highest BCUT2D eigenvalue weighted by atomic mass is 35.5. The van der Waals surface area contributed by atoms with Gasteiger partial charge >= 0.3 is 12.4 Å². The Morgan fingerprint density at radius 3 is 1.97 bits per heavy atom. The van der Waals surface area contributed by atoms with E-state index in [1.165, 1.54) is 35.2 Å². The van der Waals surface area contributed by atoms with Crippen LogP contribution in [0.3, 0.4) is 0 Å². The molecule has 0 atom stereocenters. The summed E-state index contributed by atoms with van der Waals surface area (Å²) >= 11 is 11.9. The normalized spacial score (nSPS) is 12.1. The average Bonchev–Trinajstić information content (AvgIpc) is 2.63. The Morgan fingerprint density at radius 1 is 0.759 bits per heavy atom. The molecule has 0 bridgehead atoms. The van der Waals surface area contributed by atoms with Crippen molar-refractivity contribution in [3.8, 4) is 0 Å². The zero-order chi connectivity index (χ0) is 21.4. The topological polar surface area (TPSA) is 29.0 Å². The van der Waals surface area contributed by atoms with E-state index in [-0.39, 0.29) is 17.2 Å². The number of hydrogen-bond donors (Lipinski definition) is 0. The molecular weight excluding hydrogens is 443 g/mol. The summed E-state index contributed by atoms with van der Waals surface area (Å²) in [6.07, 6.45) is -7.92. The van der Waals surface area contributed by atoms with E-state index in [2.05, 4.69) is 9.97 Å². The van der Waals surface area contributed by atoms with Gasteiger partial charge in [0.15, 0.2) is 5.82 Å². The first-order valence-corrected chi connectivity index (χ1v) is 8.54. The number of anilines is 3. The van der Waals surface area contributed by atoms with Gasteiger partial charge in [0.05, 0.1) is 16.3 Å². The van der Waals surface area contributed by atoms with Crippen LogP contribution in [0.1, 0.15) is 11.3 Å². The minimum Gasteiger partial charge on any atom is -0.294 e. The molecule has 0 unspecified atom stereocenters. The summed E-state index contributed by atoms with van der Waals surface area (Å²) in [7, 11) is 0. The van der Waals surface area contributed by atoms with E-state index >= 15 is 0 Å². The van der Waals surface area contributed by atoms with Crippen molar-refractivity contribution >= 4 is 40.4 Å². The Balaban J connectivity index is 2.19. The van der Waals surface area contributed by atoms with Gasteiger partial charge in [0.2, 0.25) is 0 Å². The van der Waals surface area contributed by atoms with Gasteiger partial charge in [0.1, 0.15) is 5.69 Å². The number of rotatable bonds is 3. The number of nitrogens with zero attached hydrogens (tertiary/aromatic N) is 3. The highest BCUT2D eigenvalue weighted by Gasteiger charge is 2.34. The van der Waals surface area contributed by atoms with Crippen LogP contribution < -0.4 is 4.90 Å². The first-order valence-electron chi connectivity index (χ1n) is 7.78. The number of benzene rings is 1.